The van der Waals surface area contributed by atoms with E-state index in [1.54, 1.807) is 18.2 Å². The van der Waals surface area contributed by atoms with E-state index < -0.39 is 50.6 Å². The normalized spacial score (nSPS) is 23.3. The highest BCUT2D eigenvalue weighted by atomic mass is 32.2. The molecule has 1 amide bonds. The third-order valence-corrected chi connectivity index (χ3v) is 5.29. The van der Waals surface area contributed by atoms with Gasteiger partial charge in [0, 0.05) is 5.69 Å². The molecule has 0 radical (unpaired) electrons. The fraction of sp³-hybridized carbons (Fsp3) is 0.308. The van der Waals surface area contributed by atoms with Crippen molar-refractivity contribution < 1.29 is 35.2 Å². The van der Waals surface area contributed by atoms with Crippen molar-refractivity contribution in [1.29, 1.82) is 0 Å². The van der Waals surface area contributed by atoms with Crippen molar-refractivity contribution >= 4 is 21.4 Å². The van der Waals surface area contributed by atoms with E-state index in [1.165, 1.54) is 12.1 Å². The second-order valence-corrected chi connectivity index (χ2v) is 7.23. The molecule has 1 aliphatic heterocycles. The number of amides is 1. The maximum absolute atomic E-state index is 13.7. The van der Waals surface area contributed by atoms with E-state index in [4.69, 9.17) is 0 Å². The molecule has 0 spiro atoms. The van der Waals surface area contributed by atoms with Gasteiger partial charge in [-0.15, -0.1) is 5.10 Å². The predicted octanol–water partition coefficient (Wildman–Crippen LogP) is 1.34. The molecule has 8 nitrogen and oxygen atoms in total. The number of carbonyl (C=O) groups is 1. The Balaban J connectivity index is 1.81. The van der Waals surface area contributed by atoms with Crippen LogP contribution in [0.5, 0.6) is 0 Å². The van der Waals surface area contributed by atoms with Gasteiger partial charge in [0.25, 0.3) is 0 Å². The molecule has 0 bridgehead atoms. The SMILES string of the molecule is O=C(Nc1ccccc1)C1C(F)NC1S(=O)(=O)c1nnc(C(F)(F)F)o1. The number of anilines is 1. The number of para-hydroxylation sites is 1. The van der Waals surface area contributed by atoms with Gasteiger partial charge in [0.15, 0.2) is 6.30 Å². The van der Waals surface area contributed by atoms with Gasteiger partial charge in [0.1, 0.15) is 11.3 Å². The zero-order valence-electron chi connectivity index (χ0n) is 12.6. The van der Waals surface area contributed by atoms with Gasteiger partial charge in [-0.05, 0) is 12.1 Å². The summed E-state index contributed by atoms with van der Waals surface area (Å²) in [7, 11) is -4.71. The number of halogens is 4. The highest BCUT2D eigenvalue weighted by Gasteiger charge is 2.55. The fourth-order valence-corrected chi connectivity index (χ4v) is 3.77. The van der Waals surface area contributed by atoms with Crippen LogP contribution in [-0.2, 0) is 20.8 Å². The number of nitrogens with one attached hydrogen (secondary N) is 2. The highest BCUT2D eigenvalue weighted by molar-refractivity contribution is 7.91. The van der Waals surface area contributed by atoms with Gasteiger partial charge in [0.05, 0.1) is 0 Å². The van der Waals surface area contributed by atoms with Crippen LogP contribution in [0.4, 0.5) is 23.2 Å². The number of hydrogen-bond donors (Lipinski definition) is 2. The summed E-state index contributed by atoms with van der Waals surface area (Å²) < 4.78 is 79.8. The summed E-state index contributed by atoms with van der Waals surface area (Å²) in [6.07, 6.45) is -7.05. The number of aromatic nitrogens is 2. The maximum Gasteiger partial charge on any atom is 0.470 e. The molecule has 2 heterocycles. The molecule has 2 aromatic rings. The molecule has 1 aromatic heterocycles. The van der Waals surface area contributed by atoms with Crippen molar-refractivity contribution in [1.82, 2.24) is 15.5 Å². The lowest BCUT2D eigenvalue weighted by Gasteiger charge is -2.38. The Hall–Kier alpha value is -2.54. The van der Waals surface area contributed by atoms with E-state index in [1.807, 2.05) is 5.32 Å². The van der Waals surface area contributed by atoms with Gasteiger partial charge in [0.2, 0.25) is 15.7 Å². The van der Waals surface area contributed by atoms with E-state index in [9.17, 15) is 30.8 Å². The summed E-state index contributed by atoms with van der Waals surface area (Å²) in [6.45, 7) is 0. The number of nitrogens with zero attached hydrogens (tertiary/aromatic N) is 2. The van der Waals surface area contributed by atoms with Gasteiger partial charge in [-0.25, -0.2) is 12.8 Å². The van der Waals surface area contributed by atoms with Crippen LogP contribution >= 0.6 is 0 Å². The lowest BCUT2D eigenvalue weighted by molar-refractivity contribution is -0.158. The molecule has 2 N–H and O–H groups in total. The minimum atomic E-state index is -5.04. The van der Waals surface area contributed by atoms with E-state index in [2.05, 4.69) is 19.9 Å². The number of carbonyl (C=O) groups excluding carboxylic acids is 1. The molecule has 13 heteroatoms. The Kier molecular flexibility index (Phi) is 4.44. The average molecular weight is 394 g/mol. The minimum absolute atomic E-state index is 0.296. The number of hydrogen-bond acceptors (Lipinski definition) is 7. The Morgan fingerprint density at radius 2 is 1.85 bits per heavy atom. The Morgan fingerprint density at radius 3 is 2.38 bits per heavy atom. The molecule has 3 atom stereocenters. The van der Waals surface area contributed by atoms with Crippen LogP contribution in [0.2, 0.25) is 0 Å². The summed E-state index contributed by atoms with van der Waals surface area (Å²) in [5, 5.41) is 6.50. The largest absolute Gasteiger partial charge is 0.470 e. The Bertz CT molecular complexity index is 916. The minimum Gasteiger partial charge on any atom is -0.404 e. The molecule has 0 aliphatic carbocycles. The van der Waals surface area contributed by atoms with E-state index in [0.29, 0.717) is 5.69 Å². The zero-order valence-corrected chi connectivity index (χ0v) is 13.4. The lowest BCUT2D eigenvalue weighted by Crippen LogP contribution is -2.66. The third-order valence-electron chi connectivity index (χ3n) is 3.54. The van der Waals surface area contributed by atoms with Crippen molar-refractivity contribution in [3.63, 3.8) is 0 Å². The monoisotopic (exact) mass is 394 g/mol. The number of alkyl halides is 4. The summed E-state index contributed by atoms with van der Waals surface area (Å²) in [6, 6.07) is 7.84. The van der Waals surface area contributed by atoms with Crippen molar-refractivity contribution in [2.24, 2.45) is 5.92 Å². The molecule has 3 rings (SSSR count). The summed E-state index contributed by atoms with van der Waals surface area (Å²) in [5.41, 5.74) is 0.296. The first-order valence-electron chi connectivity index (χ1n) is 7.01. The molecule has 140 valence electrons. The smallest absolute Gasteiger partial charge is 0.404 e. The summed E-state index contributed by atoms with van der Waals surface area (Å²) >= 11 is 0. The summed E-state index contributed by atoms with van der Waals surface area (Å²) in [4.78, 5) is 12.2. The standard InChI is InChI=1S/C13H10F4N4O4S/c14-8-7(9(22)18-6-4-2-1-3-5-6)10(19-8)26(23,24)12-21-20-11(25-12)13(15,16)17/h1-5,7-8,10,19H,(H,18,22). The average Bonchev–Trinajstić information content (AvgIpc) is 3.04. The van der Waals surface area contributed by atoms with Crippen molar-refractivity contribution in [3.8, 4) is 0 Å². The zero-order chi connectivity index (χ0) is 19.1. The molecule has 1 aromatic carbocycles. The van der Waals surface area contributed by atoms with Gasteiger partial charge in [-0.2, -0.15) is 13.2 Å². The fourth-order valence-electron chi connectivity index (χ4n) is 2.25. The predicted molar refractivity (Wildman–Crippen MR) is 76.9 cm³/mol. The molecule has 0 saturated carbocycles. The van der Waals surface area contributed by atoms with Crippen molar-refractivity contribution in [2.45, 2.75) is 23.1 Å². The molecular formula is C13H10F4N4O4S. The van der Waals surface area contributed by atoms with Crippen LogP contribution < -0.4 is 10.6 Å². The second-order valence-electron chi connectivity index (χ2n) is 5.29. The molecule has 1 saturated heterocycles. The molecule has 26 heavy (non-hydrogen) atoms. The first-order valence-corrected chi connectivity index (χ1v) is 8.56. The molecule has 3 unspecified atom stereocenters. The highest BCUT2D eigenvalue weighted by Crippen LogP contribution is 2.34. The van der Waals surface area contributed by atoms with Gasteiger partial charge in [-0.1, -0.05) is 23.3 Å². The van der Waals surface area contributed by atoms with Crippen molar-refractivity contribution in [2.75, 3.05) is 5.32 Å². The van der Waals surface area contributed by atoms with Crippen LogP contribution in [-0.4, -0.2) is 36.2 Å². The quantitative estimate of drug-likeness (QED) is 0.594. The van der Waals surface area contributed by atoms with E-state index >= 15 is 0 Å². The van der Waals surface area contributed by atoms with Crippen LogP contribution in [0, 0.1) is 5.92 Å². The third kappa shape index (κ3) is 3.26. The molecular weight excluding hydrogens is 384 g/mol. The van der Waals surface area contributed by atoms with Gasteiger partial charge in [-0.3, -0.25) is 10.1 Å². The van der Waals surface area contributed by atoms with Gasteiger partial charge >= 0.3 is 17.3 Å². The van der Waals surface area contributed by atoms with Gasteiger partial charge < -0.3 is 9.73 Å². The maximum atomic E-state index is 13.7. The van der Waals surface area contributed by atoms with Crippen LogP contribution in [0.1, 0.15) is 5.89 Å². The summed E-state index contributed by atoms with van der Waals surface area (Å²) in [5.74, 6) is -4.54. The van der Waals surface area contributed by atoms with E-state index in [-0.39, 0.29) is 0 Å². The first kappa shape index (κ1) is 18.3. The molecule has 1 fully saturated rings. The van der Waals surface area contributed by atoms with Crippen molar-refractivity contribution in [3.05, 3.63) is 36.2 Å². The number of benzene rings is 1. The number of sulfone groups is 1. The Labute approximate surface area is 143 Å². The second kappa shape index (κ2) is 6.32. The number of rotatable bonds is 4. The lowest BCUT2D eigenvalue weighted by atomic mass is 10.00. The molecule has 1 aliphatic rings. The van der Waals surface area contributed by atoms with Crippen LogP contribution in [0.25, 0.3) is 0 Å². The topological polar surface area (TPSA) is 114 Å². The van der Waals surface area contributed by atoms with E-state index in [0.717, 1.165) is 0 Å². The van der Waals surface area contributed by atoms with Crippen LogP contribution in [0.3, 0.4) is 0 Å². The van der Waals surface area contributed by atoms with Crippen LogP contribution in [0.15, 0.2) is 40.0 Å². The first-order chi connectivity index (χ1) is 12.1. The Morgan fingerprint density at radius 1 is 1.19 bits per heavy atom.